The van der Waals surface area contributed by atoms with Crippen molar-refractivity contribution >= 4 is 17.5 Å². The molecular formula is C22H37N5O10. The van der Waals surface area contributed by atoms with Crippen molar-refractivity contribution in [3.63, 3.8) is 0 Å². The molecule has 1 aliphatic carbocycles. The van der Waals surface area contributed by atoms with E-state index in [1.165, 1.54) is 6.08 Å². The summed E-state index contributed by atoms with van der Waals surface area (Å²) in [6, 6.07) is 0. The number of carboxylic acid groups (broad SMARTS) is 1. The van der Waals surface area contributed by atoms with Crippen LogP contribution in [-0.2, 0) is 14.4 Å². The number of nitrogens with two attached hydrogens (primary N) is 1. The molecule has 210 valence electrons. The van der Waals surface area contributed by atoms with E-state index in [1.807, 2.05) is 14.7 Å². The standard InChI is InChI=1S/C12H13N3O2.C6H13NO5.C4H11NO3/c16-9-7-8(13-1-2-13)12(17)11(15-5-6-15)10(9)14-3-4-14;8-2-6(3-9,4-10)7-1-5(11)12;5-4(1-6,2-7)3-8/h7H,1-6H2;7-10H,1-4H2,(H,11,12);6-8H,1-3,5H2. The van der Waals surface area contributed by atoms with Gasteiger partial charge in [0.05, 0.1) is 63.0 Å². The molecule has 0 unspecified atom stereocenters. The first-order chi connectivity index (χ1) is 17.5. The summed E-state index contributed by atoms with van der Waals surface area (Å²) in [4.78, 5) is 40.6. The highest BCUT2D eigenvalue weighted by atomic mass is 16.4. The first-order valence-electron chi connectivity index (χ1n) is 11.7. The fourth-order valence-corrected chi connectivity index (χ4v) is 3.01. The van der Waals surface area contributed by atoms with Gasteiger partial charge in [0.25, 0.3) is 0 Å². The summed E-state index contributed by atoms with van der Waals surface area (Å²) in [6.45, 7) is 2.22. The third-order valence-corrected chi connectivity index (χ3v) is 5.96. The zero-order valence-corrected chi connectivity index (χ0v) is 20.5. The number of carbonyl (C=O) groups excluding carboxylic acids is 2. The molecular weight excluding hydrogens is 494 g/mol. The second-order valence-corrected chi connectivity index (χ2v) is 9.22. The van der Waals surface area contributed by atoms with E-state index in [2.05, 4.69) is 5.32 Å². The molecule has 3 saturated heterocycles. The van der Waals surface area contributed by atoms with Gasteiger partial charge in [-0.1, -0.05) is 0 Å². The summed E-state index contributed by atoms with van der Waals surface area (Å²) in [5.41, 5.74) is 4.52. The molecule has 4 aliphatic rings. The number of rotatable bonds is 12. The SMILES string of the molecule is NC(CO)(CO)CO.O=C(O)CNC(CO)(CO)CO.O=C1C=C(N2CC2)C(=O)C(N2CC2)=C1N1CC1. The summed E-state index contributed by atoms with van der Waals surface area (Å²) in [5, 5.41) is 61.8. The maximum atomic E-state index is 12.4. The average molecular weight is 532 g/mol. The van der Waals surface area contributed by atoms with Crippen LogP contribution in [-0.4, -0.2) is 165 Å². The predicted molar refractivity (Wildman–Crippen MR) is 128 cm³/mol. The minimum atomic E-state index is -1.31. The molecule has 0 aromatic carbocycles. The number of aliphatic hydroxyl groups is 6. The lowest BCUT2D eigenvalue weighted by Gasteiger charge is -2.27. The average Bonchev–Trinajstić information content (AvgIpc) is 3.74. The number of Topliss-reactive ketones (excluding diaryl/α,β-unsaturated/α-hetero) is 1. The van der Waals surface area contributed by atoms with Crippen LogP contribution in [0.4, 0.5) is 0 Å². The van der Waals surface area contributed by atoms with Crippen LogP contribution in [0.3, 0.4) is 0 Å². The van der Waals surface area contributed by atoms with Gasteiger partial charge in [0.2, 0.25) is 11.6 Å². The number of carboxylic acids is 1. The van der Waals surface area contributed by atoms with Gasteiger partial charge in [0.15, 0.2) is 0 Å². The third kappa shape index (κ3) is 8.44. The third-order valence-electron chi connectivity index (χ3n) is 5.96. The Morgan fingerprint density at radius 1 is 0.784 bits per heavy atom. The summed E-state index contributed by atoms with van der Waals surface area (Å²) in [7, 11) is 0. The zero-order valence-electron chi connectivity index (χ0n) is 20.5. The molecule has 37 heavy (non-hydrogen) atoms. The molecule has 0 spiro atoms. The van der Waals surface area contributed by atoms with Crippen LogP contribution >= 0.6 is 0 Å². The second-order valence-electron chi connectivity index (χ2n) is 9.22. The first-order valence-corrected chi connectivity index (χ1v) is 11.7. The van der Waals surface area contributed by atoms with E-state index in [1.54, 1.807) is 0 Å². The van der Waals surface area contributed by atoms with Gasteiger partial charge in [-0.2, -0.15) is 0 Å². The maximum absolute atomic E-state index is 12.4. The lowest BCUT2D eigenvalue weighted by molar-refractivity contribution is -0.136. The number of nitrogens with one attached hydrogen (secondary N) is 1. The van der Waals surface area contributed by atoms with Gasteiger partial charge in [0.1, 0.15) is 11.4 Å². The molecule has 0 radical (unpaired) electrons. The van der Waals surface area contributed by atoms with E-state index < -0.39 is 63.2 Å². The Morgan fingerprint density at radius 3 is 1.54 bits per heavy atom. The van der Waals surface area contributed by atoms with Crippen molar-refractivity contribution in [1.29, 1.82) is 0 Å². The Balaban J connectivity index is 0.000000213. The number of aliphatic carboxylic acids is 1. The van der Waals surface area contributed by atoms with Crippen LogP contribution < -0.4 is 11.1 Å². The lowest BCUT2D eigenvalue weighted by atomic mass is 10.0. The topological polar surface area (TPSA) is 240 Å². The lowest BCUT2D eigenvalue weighted by Crippen LogP contribution is -2.56. The Morgan fingerprint density at radius 2 is 1.22 bits per heavy atom. The van der Waals surface area contributed by atoms with E-state index >= 15 is 0 Å². The zero-order chi connectivity index (χ0) is 27.8. The minimum Gasteiger partial charge on any atom is -0.480 e. The van der Waals surface area contributed by atoms with E-state index in [0.29, 0.717) is 17.1 Å². The van der Waals surface area contributed by atoms with Crippen molar-refractivity contribution in [2.75, 3.05) is 85.5 Å². The molecule has 3 fully saturated rings. The van der Waals surface area contributed by atoms with Crippen LogP contribution in [0.2, 0.25) is 0 Å². The van der Waals surface area contributed by atoms with Crippen LogP contribution in [0.15, 0.2) is 23.2 Å². The summed E-state index contributed by atoms with van der Waals surface area (Å²) in [6.07, 6.45) is 1.52. The largest absolute Gasteiger partial charge is 0.480 e. The molecule has 10 N–H and O–H groups in total. The van der Waals surface area contributed by atoms with Crippen molar-refractivity contribution in [3.05, 3.63) is 23.2 Å². The van der Waals surface area contributed by atoms with Gasteiger partial charge in [0, 0.05) is 45.3 Å². The molecule has 0 amide bonds. The monoisotopic (exact) mass is 531 g/mol. The van der Waals surface area contributed by atoms with Gasteiger partial charge in [-0.05, 0) is 0 Å². The number of ketones is 2. The highest BCUT2D eigenvalue weighted by molar-refractivity contribution is 6.22. The van der Waals surface area contributed by atoms with Gasteiger partial charge >= 0.3 is 5.97 Å². The number of hydrogen-bond acceptors (Lipinski definition) is 14. The number of hydrogen-bond donors (Lipinski definition) is 9. The van der Waals surface area contributed by atoms with Crippen LogP contribution in [0.25, 0.3) is 0 Å². The summed E-state index contributed by atoms with van der Waals surface area (Å²) >= 11 is 0. The van der Waals surface area contributed by atoms with E-state index in [4.69, 9.17) is 41.5 Å². The molecule has 0 atom stereocenters. The fourth-order valence-electron chi connectivity index (χ4n) is 3.01. The maximum Gasteiger partial charge on any atom is 0.317 e. The Bertz CT molecular complexity index is 872. The number of carbonyl (C=O) groups is 3. The van der Waals surface area contributed by atoms with Gasteiger partial charge in [-0.3, -0.25) is 19.7 Å². The van der Waals surface area contributed by atoms with Crippen molar-refractivity contribution in [1.82, 2.24) is 20.0 Å². The van der Waals surface area contributed by atoms with Gasteiger partial charge in [-0.15, -0.1) is 0 Å². The molecule has 0 aromatic rings. The molecule has 4 rings (SSSR count). The summed E-state index contributed by atoms with van der Waals surface area (Å²) < 4.78 is 0. The molecule has 0 aromatic heterocycles. The Labute approximate surface area is 213 Å². The number of nitrogens with zero attached hydrogens (tertiary/aromatic N) is 3. The molecule has 15 heteroatoms. The highest BCUT2D eigenvalue weighted by Gasteiger charge is 2.43. The van der Waals surface area contributed by atoms with E-state index in [-0.39, 0.29) is 11.6 Å². The van der Waals surface area contributed by atoms with E-state index in [9.17, 15) is 14.4 Å². The molecule has 0 bridgehead atoms. The van der Waals surface area contributed by atoms with Crippen LogP contribution in [0.5, 0.6) is 0 Å². The fraction of sp³-hybridized carbons (Fsp3) is 0.682. The minimum absolute atomic E-state index is 0.00546. The molecule has 3 heterocycles. The van der Waals surface area contributed by atoms with Crippen LogP contribution in [0, 0.1) is 0 Å². The van der Waals surface area contributed by atoms with Crippen molar-refractivity contribution in [2.45, 2.75) is 11.1 Å². The first kappa shape index (κ1) is 30.6. The second kappa shape index (κ2) is 13.3. The normalized spacial score (nSPS) is 18.6. The quantitative estimate of drug-likeness (QED) is 0.0841. The number of allylic oxidation sites excluding steroid dienone is 1. The highest BCUT2D eigenvalue weighted by Crippen LogP contribution is 2.33. The molecule has 15 nitrogen and oxygen atoms in total. The molecule has 3 aliphatic heterocycles. The molecule has 0 saturated carbocycles. The smallest absolute Gasteiger partial charge is 0.317 e. The summed E-state index contributed by atoms with van der Waals surface area (Å²) in [5.74, 6) is -1.07. The van der Waals surface area contributed by atoms with Crippen molar-refractivity contribution < 1.29 is 50.1 Å². The van der Waals surface area contributed by atoms with E-state index in [0.717, 1.165) is 39.3 Å². The van der Waals surface area contributed by atoms with Crippen LogP contribution in [0.1, 0.15) is 0 Å². The Kier molecular flexibility index (Phi) is 11.0. The number of aliphatic hydroxyl groups excluding tert-OH is 6. The van der Waals surface area contributed by atoms with Crippen molar-refractivity contribution in [3.8, 4) is 0 Å². The van der Waals surface area contributed by atoms with Crippen molar-refractivity contribution in [2.24, 2.45) is 5.73 Å². The van der Waals surface area contributed by atoms with Gasteiger partial charge < -0.3 is 56.2 Å². The Hall–Kier alpha value is -2.63. The predicted octanol–water partition coefficient (Wildman–Crippen LogP) is -5.78. The van der Waals surface area contributed by atoms with Gasteiger partial charge in [-0.25, -0.2) is 0 Å².